The number of hydrogen-bond donors (Lipinski definition) is 0. The van der Waals surface area contributed by atoms with E-state index in [-0.39, 0.29) is 12.7 Å². The minimum absolute atomic E-state index is 0.0524. The molecule has 2 aliphatic rings. The topological polar surface area (TPSA) is 67.8 Å². The van der Waals surface area contributed by atoms with Gasteiger partial charge < -0.3 is 14.4 Å². The van der Waals surface area contributed by atoms with E-state index in [0.717, 1.165) is 40.5 Å². The van der Waals surface area contributed by atoms with Crippen molar-refractivity contribution in [1.82, 2.24) is 9.97 Å². The molecule has 0 fully saturated rings. The summed E-state index contributed by atoms with van der Waals surface area (Å²) in [6, 6.07) is 13.6. The molecule has 1 aromatic heterocycles. The van der Waals surface area contributed by atoms with Gasteiger partial charge in [-0.05, 0) is 36.2 Å². The standard InChI is InChI=1S/C21H20N4O3/c1-24-10-11-25(21-20(24)22-15-4-2-3-5-16(15)23-21)19(26)9-7-14-6-8-17-18(12-14)28-13-27-17/h2-6,8,12H,7,9-11,13H2,1H3. The van der Waals surface area contributed by atoms with Crippen molar-refractivity contribution < 1.29 is 14.3 Å². The fraction of sp³-hybridized carbons (Fsp3) is 0.286. The van der Waals surface area contributed by atoms with Gasteiger partial charge in [0.2, 0.25) is 12.7 Å². The van der Waals surface area contributed by atoms with Crippen molar-refractivity contribution in [3.63, 3.8) is 0 Å². The Morgan fingerprint density at radius 2 is 1.75 bits per heavy atom. The highest BCUT2D eigenvalue weighted by Crippen LogP contribution is 2.34. The molecular formula is C21H20N4O3. The van der Waals surface area contributed by atoms with E-state index >= 15 is 0 Å². The number of benzene rings is 2. The van der Waals surface area contributed by atoms with E-state index in [4.69, 9.17) is 19.4 Å². The molecule has 3 heterocycles. The number of rotatable bonds is 3. The number of para-hydroxylation sites is 2. The highest BCUT2D eigenvalue weighted by atomic mass is 16.7. The lowest BCUT2D eigenvalue weighted by Gasteiger charge is -2.33. The normalized spacial score (nSPS) is 15.0. The van der Waals surface area contributed by atoms with Crippen LogP contribution in [0.2, 0.25) is 0 Å². The summed E-state index contributed by atoms with van der Waals surface area (Å²) >= 11 is 0. The number of aromatic nitrogens is 2. The minimum atomic E-state index is 0.0524. The summed E-state index contributed by atoms with van der Waals surface area (Å²) in [6.45, 7) is 1.59. The Morgan fingerprint density at radius 1 is 1.00 bits per heavy atom. The van der Waals surface area contributed by atoms with Gasteiger partial charge in [0.1, 0.15) is 0 Å². The molecule has 142 valence electrons. The van der Waals surface area contributed by atoms with Gasteiger partial charge in [0.25, 0.3) is 0 Å². The van der Waals surface area contributed by atoms with Crippen molar-refractivity contribution in [3.8, 4) is 11.5 Å². The van der Waals surface area contributed by atoms with Crippen LogP contribution in [0.15, 0.2) is 42.5 Å². The predicted octanol–water partition coefficient (Wildman–Crippen LogP) is 2.77. The monoisotopic (exact) mass is 376 g/mol. The van der Waals surface area contributed by atoms with Gasteiger partial charge in [-0.2, -0.15) is 0 Å². The number of aryl methyl sites for hydroxylation is 1. The SMILES string of the molecule is CN1CCN(C(=O)CCc2ccc3c(c2)OCO3)c2nc3ccccc3nc21. The van der Waals surface area contributed by atoms with Crippen LogP contribution in [-0.4, -0.2) is 42.8 Å². The molecule has 28 heavy (non-hydrogen) atoms. The lowest BCUT2D eigenvalue weighted by atomic mass is 10.1. The van der Waals surface area contributed by atoms with Crippen molar-refractivity contribution in [2.75, 3.05) is 36.7 Å². The second-order valence-corrected chi connectivity index (χ2v) is 7.01. The van der Waals surface area contributed by atoms with Crippen LogP contribution >= 0.6 is 0 Å². The van der Waals surface area contributed by atoms with E-state index in [1.807, 2.05) is 49.5 Å². The molecule has 5 rings (SSSR count). The van der Waals surface area contributed by atoms with Crippen LogP contribution in [0.25, 0.3) is 11.0 Å². The van der Waals surface area contributed by atoms with E-state index in [2.05, 4.69) is 4.90 Å². The van der Waals surface area contributed by atoms with E-state index < -0.39 is 0 Å². The zero-order valence-corrected chi connectivity index (χ0v) is 15.6. The molecule has 0 spiro atoms. The number of fused-ring (bicyclic) bond motifs is 3. The second kappa shape index (κ2) is 6.67. The highest BCUT2D eigenvalue weighted by Gasteiger charge is 2.28. The number of likely N-dealkylation sites (N-methyl/N-ethyl adjacent to an activating group) is 1. The quantitative estimate of drug-likeness (QED) is 0.700. The Labute approximate surface area is 162 Å². The summed E-state index contributed by atoms with van der Waals surface area (Å²) < 4.78 is 10.8. The molecule has 0 saturated heterocycles. The molecular weight excluding hydrogens is 356 g/mol. The molecule has 3 aromatic rings. The zero-order chi connectivity index (χ0) is 19.1. The van der Waals surface area contributed by atoms with Crippen LogP contribution in [0.5, 0.6) is 11.5 Å². The van der Waals surface area contributed by atoms with Crippen molar-refractivity contribution in [1.29, 1.82) is 0 Å². The largest absolute Gasteiger partial charge is 0.454 e. The maximum Gasteiger partial charge on any atom is 0.231 e. The summed E-state index contributed by atoms with van der Waals surface area (Å²) in [6.07, 6.45) is 1.04. The maximum absolute atomic E-state index is 13.0. The summed E-state index contributed by atoms with van der Waals surface area (Å²) in [5, 5.41) is 0. The first-order valence-corrected chi connectivity index (χ1v) is 9.36. The lowest BCUT2D eigenvalue weighted by molar-refractivity contribution is -0.118. The Morgan fingerprint density at radius 3 is 2.57 bits per heavy atom. The fourth-order valence-corrected chi connectivity index (χ4v) is 3.61. The molecule has 1 amide bonds. The molecule has 0 bridgehead atoms. The lowest BCUT2D eigenvalue weighted by Crippen LogP contribution is -2.43. The molecule has 0 unspecified atom stereocenters. The van der Waals surface area contributed by atoms with Gasteiger partial charge in [0, 0.05) is 26.6 Å². The average Bonchev–Trinajstić information content (AvgIpc) is 3.19. The molecule has 2 aliphatic heterocycles. The zero-order valence-electron chi connectivity index (χ0n) is 15.6. The average molecular weight is 376 g/mol. The first-order chi connectivity index (χ1) is 13.7. The van der Waals surface area contributed by atoms with Crippen LogP contribution in [0, 0.1) is 0 Å². The molecule has 2 aromatic carbocycles. The van der Waals surface area contributed by atoms with Gasteiger partial charge in [-0.1, -0.05) is 18.2 Å². The van der Waals surface area contributed by atoms with Gasteiger partial charge in [-0.25, -0.2) is 9.97 Å². The molecule has 0 aliphatic carbocycles. The van der Waals surface area contributed by atoms with Gasteiger partial charge in [0.05, 0.1) is 11.0 Å². The van der Waals surface area contributed by atoms with E-state index in [9.17, 15) is 4.79 Å². The van der Waals surface area contributed by atoms with Crippen molar-refractivity contribution >= 4 is 28.6 Å². The predicted molar refractivity (Wildman–Crippen MR) is 106 cm³/mol. The summed E-state index contributed by atoms with van der Waals surface area (Å²) in [7, 11) is 1.98. The Bertz CT molecular complexity index is 1070. The van der Waals surface area contributed by atoms with Gasteiger partial charge >= 0.3 is 0 Å². The molecule has 0 saturated carbocycles. The Balaban J connectivity index is 1.38. The number of nitrogens with zero attached hydrogens (tertiary/aromatic N) is 4. The fourth-order valence-electron chi connectivity index (χ4n) is 3.61. The van der Waals surface area contributed by atoms with E-state index in [1.165, 1.54) is 0 Å². The molecule has 0 N–H and O–H groups in total. The van der Waals surface area contributed by atoms with Crippen molar-refractivity contribution in [2.24, 2.45) is 0 Å². The summed E-state index contributed by atoms with van der Waals surface area (Å²) in [5.74, 6) is 2.94. The van der Waals surface area contributed by atoms with Gasteiger partial charge in [-0.3, -0.25) is 9.69 Å². The van der Waals surface area contributed by atoms with Crippen molar-refractivity contribution in [2.45, 2.75) is 12.8 Å². The molecule has 7 heteroatoms. The smallest absolute Gasteiger partial charge is 0.231 e. The Hall–Kier alpha value is -3.35. The van der Waals surface area contributed by atoms with Crippen LogP contribution in [0.4, 0.5) is 11.6 Å². The number of carbonyl (C=O) groups is 1. The molecule has 0 atom stereocenters. The van der Waals surface area contributed by atoms with E-state index in [1.54, 1.807) is 4.90 Å². The number of ether oxygens (including phenoxy) is 2. The third-order valence-corrected chi connectivity index (χ3v) is 5.18. The maximum atomic E-state index is 13.0. The number of amides is 1. The Kier molecular flexibility index (Phi) is 4.00. The second-order valence-electron chi connectivity index (χ2n) is 7.01. The number of hydrogen-bond acceptors (Lipinski definition) is 6. The highest BCUT2D eigenvalue weighted by molar-refractivity contribution is 5.97. The van der Waals surface area contributed by atoms with Crippen molar-refractivity contribution in [3.05, 3.63) is 48.0 Å². The minimum Gasteiger partial charge on any atom is -0.454 e. The van der Waals surface area contributed by atoms with Crippen LogP contribution in [0.3, 0.4) is 0 Å². The van der Waals surface area contributed by atoms with Crippen LogP contribution < -0.4 is 19.3 Å². The number of carbonyl (C=O) groups excluding carboxylic acids is 1. The van der Waals surface area contributed by atoms with E-state index in [0.29, 0.717) is 25.2 Å². The third kappa shape index (κ3) is 2.89. The third-order valence-electron chi connectivity index (χ3n) is 5.18. The first kappa shape index (κ1) is 16.8. The molecule has 0 radical (unpaired) electrons. The van der Waals surface area contributed by atoms with Crippen LogP contribution in [0.1, 0.15) is 12.0 Å². The summed E-state index contributed by atoms with van der Waals surface area (Å²) in [5.41, 5.74) is 2.68. The summed E-state index contributed by atoms with van der Waals surface area (Å²) in [4.78, 5) is 26.3. The van der Waals surface area contributed by atoms with Gasteiger partial charge in [-0.15, -0.1) is 0 Å². The van der Waals surface area contributed by atoms with Gasteiger partial charge in [0.15, 0.2) is 23.1 Å². The molecule has 7 nitrogen and oxygen atoms in total. The number of anilines is 2. The first-order valence-electron chi connectivity index (χ1n) is 9.36. The van der Waals surface area contributed by atoms with Crippen LogP contribution in [-0.2, 0) is 11.2 Å².